The highest BCUT2D eigenvalue weighted by atomic mass is 16.5. The van der Waals surface area contributed by atoms with E-state index in [0.717, 1.165) is 25.4 Å². The van der Waals surface area contributed by atoms with Crippen molar-refractivity contribution in [3.63, 3.8) is 0 Å². The number of nitrogens with one attached hydrogen (secondary N) is 1. The maximum atomic E-state index is 6.21. The molecule has 1 N–H and O–H groups in total. The summed E-state index contributed by atoms with van der Waals surface area (Å²) in [7, 11) is 2.07. The van der Waals surface area contributed by atoms with Crippen LogP contribution in [-0.2, 0) is 4.74 Å². The summed E-state index contributed by atoms with van der Waals surface area (Å²) in [6.07, 6.45) is 7.22. The van der Waals surface area contributed by atoms with Gasteiger partial charge in [0.1, 0.15) is 0 Å². The standard InChI is InChI=1S/C16H31NO/c1-6-18-16(11-9-14(4)10-12-16)15(17-5)8-7-13(2)3/h14-15,17H,2,6-12H2,1,3-5H3. The van der Waals surface area contributed by atoms with E-state index >= 15 is 0 Å². The molecule has 1 saturated carbocycles. The minimum absolute atomic E-state index is 0.0610. The van der Waals surface area contributed by atoms with Gasteiger partial charge in [0.25, 0.3) is 0 Å². The fourth-order valence-corrected chi connectivity index (χ4v) is 3.19. The third kappa shape index (κ3) is 4.10. The molecule has 0 bridgehead atoms. The Balaban J connectivity index is 2.70. The van der Waals surface area contributed by atoms with E-state index in [1.54, 1.807) is 0 Å². The second-order valence-corrected chi connectivity index (χ2v) is 6.02. The summed E-state index contributed by atoms with van der Waals surface area (Å²) >= 11 is 0. The van der Waals surface area contributed by atoms with Crippen LogP contribution in [0.15, 0.2) is 12.2 Å². The summed E-state index contributed by atoms with van der Waals surface area (Å²) in [6, 6.07) is 0.460. The first-order valence-electron chi connectivity index (χ1n) is 7.49. The highest BCUT2D eigenvalue weighted by molar-refractivity contribution is 4.99. The molecule has 1 unspecified atom stereocenters. The van der Waals surface area contributed by atoms with Crippen LogP contribution in [0.4, 0.5) is 0 Å². The summed E-state index contributed by atoms with van der Waals surface area (Å²) < 4.78 is 6.21. The molecule has 2 nitrogen and oxygen atoms in total. The lowest BCUT2D eigenvalue weighted by molar-refractivity contribution is -0.0962. The zero-order valence-corrected chi connectivity index (χ0v) is 12.7. The number of likely N-dealkylation sites (N-methyl/N-ethyl adjacent to an activating group) is 1. The van der Waals surface area contributed by atoms with Crippen LogP contribution in [0, 0.1) is 5.92 Å². The molecular formula is C16H31NO. The molecule has 0 aromatic carbocycles. The molecule has 106 valence electrons. The van der Waals surface area contributed by atoms with Crippen LogP contribution in [0.1, 0.15) is 59.3 Å². The molecule has 18 heavy (non-hydrogen) atoms. The van der Waals surface area contributed by atoms with Gasteiger partial charge in [0, 0.05) is 12.6 Å². The van der Waals surface area contributed by atoms with Gasteiger partial charge in [0.15, 0.2) is 0 Å². The average molecular weight is 253 g/mol. The van der Waals surface area contributed by atoms with Gasteiger partial charge in [-0.25, -0.2) is 0 Å². The van der Waals surface area contributed by atoms with Crippen molar-refractivity contribution in [3.8, 4) is 0 Å². The Bertz CT molecular complexity index is 254. The zero-order chi connectivity index (χ0) is 13.6. The molecule has 0 heterocycles. The first-order chi connectivity index (χ1) is 8.54. The lowest BCUT2D eigenvalue weighted by atomic mass is 9.74. The Kier molecular flexibility index (Phi) is 6.37. The molecule has 0 radical (unpaired) electrons. The van der Waals surface area contributed by atoms with Gasteiger partial charge in [0.05, 0.1) is 5.60 Å². The summed E-state index contributed by atoms with van der Waals surface area (Å²) in [4.78, 5) is 0. The van der Waals surface area contributed by atoms with Gasteiger partial charge in [-0.05, 0) is 65.3 Å². The molecule has 0 amide bonds. The van der Waals surface area contributed by atoms with E-state index in [-0.39, 0.29) is 5.60 Å². The largest absolute Gasteiger partial charge is 0.374 e. The minimum Gasteiger partial charge on any atom is -0.374 e. The highest BCUT2D eigenvalue weighted by Gasteiger charge is 2.40. The molecule has 0 aromatic rings. The zero-order valence-electron chi connectivity index (χ0n) is 12.7. The number of hydrogen-bond donors (Lipinski definition) is 1. The van der Waals surface area contributed by atoms with Crippen LogP contribution in [-0.4, -0.2) is 25.3 Å². The third-order valence-electron chi connectivity index (χ3n) is 4.40. The molecule has 1 aliphatic carbocycles. The van der Waals surface area contributed by atoms with Gasteiger partial charge >= 0.3 is 0 Å². The molecular weight excluding hydrogens is 222 g/mol. The quantitative estimate of drug-likeness (QED) is 0.694. The van der Waals surface area contributed by atoms with E-state index in [1.807, 2.05) is 0 Å². The molecule has 0 saturated heterocycles. The van der Waals surface area contributed by atoms with E-state index in [2.05, 4.69) is 39.7 Å². The monoisotopic (exact) mass is 253 g/mol. The lowest BCUT2D eigenvalue weighted by Gasteiger charge is -2.45. The lowest BCUT2D eigenvalue weighted by Crippen LogP contribution is -2.53. The topological polar surface area (TPSA) is 21.3 Å². The summed E-state index contributed by atoms with van der Waals surface area (Å²) in [5, 5.41) is 3.50. The Morgan fingerprint density at radius 3 is 2.50 bits per heavy atom. The van der Waals surface area contributed by atoms with E-state index < -0.39 is 0 Å². The molecule has 1 rings (SSSR count). The Labute approximate surface area is 113 Å². The van der Waals surface area contributed by atoms with Crippen LogP contribution >= 0.6 is 0 Å². The Morgan fingerprint density at radius 1 is 1.44 bits per heavy atom. The van der Waals surface area contributed by atoms with E-state index in [9.17, 15) is 0 Å². The second kappa shape index (κ2) is 7.30. The van der Waals surface area contributed by atoms with Crippen molar-refractivity contribution in [1.82, 2.24) is 5.32 Å². The minimum atomic E-state index is 0.0610. The second-order valence-electron chi connectivity index (χ2n) is 6.02. The first kappa shape index (κ1) is 15.7. The Hall–Kier alpha value is -0.340. The predicted molar refractivity (Wildman–Crippen MR) is 78.9 cm³/mol. The number of rotatable bonds is 7. The maximum Gasteiger partial charge on any atom is 0.0834 e. The summed E-state index contributed by atoms with van der Waals surface area (Å²) in [6.45, 7) is 11.4. The highest BCUT2D eigenvalue weighted by Crippen LogP contribution is 2.38. The molecule has 1 fully saturated rings. The SMILES string of the molecule is C=C(C)CCC(NC)C1(OCC)CCC(C)CC1. The number of allylic oxidation sites excluding steroid dienone is 1. The van der Waals surface area contributed by atoms with Crippen molar-refractivity contribution >= 4 is 0 Å². The fraction of sp³-hybridized carbons (Fsp3) is 0.875. The van der Waals surface area contributed by atoms with Crippen LogP contribution in [0.5, 0.6) is 0 Å². The first-order valence-corrected chi connectivity index (χ1v) is 7.49. The smallest absolute Gasteiger partial charge is 0.0834 e. The van der Waals surface area contributed by atoms with E-state index in [0.29, 0.717) is 6.04 Å². The van der Waals surface area contributed by atoms with Crippen molar-refractivity contribution in [2.24, 2.45) is 5.92 Å². The molecule has 1 atom stereocenters. The van der Waals surface area contributed by atoms with Crippen LogP contribution in [0.25, 0.3) is 0 Å². The van der Waals surface area contributed by atoms with Crippen molar-refractivity contribution in [1.29, 1.82) is 0 Å². The van der Waals surface area contributed by atoms with Crippen LogP contribution in [0.2, 0.25) is 0 Å². The van der Waals surface area contributed by atoms with E-state index in [1.165, 1.54) is 31.3 Å². The predicted octanol–water partition coefficient (Wildman–Crippen LogP) is 3.92. The van der Waals surface area contributed by atoms with Crippen LogP contribution in [0.3, 0.4) is 0 Å². The molecule has 0 aromatic heterocycles. The maximum absolute atomic E-state index is 6.21. The van der Waals surface area contributed by atoms with Gasteiger partial charge in [-0.2, -0.15) is 0 Å². The number of hydrogen-bond acceptors (Lipinski definition) is 2. The molecule has 0 spiro atoms. The molecule has 0 aliphatic heterocycles. The third-order valence-corrected chi connectivity index (χ3v) is 4.40. The van der Waals surface area contributed by atoms with Gasteiger partial charge in [0.2, 0.25) is 0 Å². The molecule has 2 heteroatoms. The molecule has 1 aliphatic rings. The van der Waals surface area contributed by atoms with Crippen LogP contribution < -0.4 is 5.32 Å². The van der Waals surface area contributed by atoms with Gasteiger partial charge in [-0.15, -0.1) is 6.58 Å². The van der Waals surface area contributed by atoms with Crippen molar-refractivity contribution < 1.29 is 4.74 Å². The van der Waals surface area contributed by atoms with Crippen molar-refractivity contribution in [2.45, 2.75) is 70.9 Å². The average Bonchev–Trinajstić information content (AvgIpc) is 2.33. The van der Waals surface area contributed by atoms with Crippen molar-refractivity contribution in [3.05, 3.63) is 12.2 Å². The Morgan fingerprint density at radius 2 is 2.06 bits per heavy atom. The van der Waals surface area contributed by atoms with Gasteiger partial charge in [-0.1, -0.05) is 12.5 Å². The normalized spacial score (nSPS) is 30.1. The summed E-state index contributed by atoms with van der Waals surface area (Å²) in [5.41, 5.74) is 1.33. The number of ether oxygens (including phenoxy) is 1. The summed E-state index contributed by atoms with van der Waals surface area (Å²) in [5.74, 6) is 0.859. The van der Waals surface area contributed by atoms with Gasteiger partial charge < -0.3 is 10.1 Å². The van der Waals surface area contributed by atoms with E-state index in [4.69, 9.17) is 4.74 Å². The van der Waals surface area contributed by atoms with Crippen molar-refractivity contribution in [2.75, 3.05) is 13.7 Å². The van der Waals surface area contributed by atoms with Gasteiger partial charge in [-0.3, -0.25) is 0 Å². The fourth-order valence-electron chi connectivity index (χ4n) is 3.19.